The maximum atomic E-state index is 12.6. The lowest BCUT2D eigenvalue weighted by molar-refractivity contribution is -0.115. The van der Waals surface area contributed by atoms with Crippen molar-refractivity contribution in [3.63, 3.8) is 0 Å². The zero-order valence-corrected chi connectivity index (χ0v) is 16.7. The normalized spacial score (nSPS) is 14.0. The van der Waals surface area contributed by atoms with Crippen LogP contribution in [0.3, 0.4) is 0 Å². The number of carbonyl (C=O) groups is 1. The van der Waals surface area contributed by atoms with Gasteiger partial charge in [-0.3, -0.25) is 9.59 Å². The molecule has 0 saturated carbocycles. The van der Waals surface area contributed by atoms with E-state index in [9.17, 15) is 9.59 Å². The summed E-state index contributed by atoms with van der Waals surface area (Å²) < 4.78 is 5.11. The molecule has 1 unspecified atom stereocenters. The van der Waals surface area contributed by atoms with E-state index in [1.54, 1.807) is 30.0 Å². The number of aromatic nitrogens is 2. The first-order valence-electron chi connectivity index (χ1n) is 8.02. The number of nitrogens with one attached hydrogen (secondary N) is 2. The van der Waals surface area contributed by atoms with Crippen LogP contribution < -0.4 is 15.6 Å². The second-order valence-electron chi connectivity index (χ2n) is 5.64. The summed E-state index contributed by atoms with van der Waals surface area (Å²) in [5, 5.41) is 3.37. The number of halogens is 1. The molecule has 0 bridgehead atoms. The van der Waals surface area contributed by atoms with Gasteiger partial charge in [-0.2, -0.15) is 11.8 Å². The van der Waals surface area contributed by atoms with E-state index in [-0.39, 0.29) is 16.7 Å². The third kappa shape index (κ3) is 4.19. The molecule has 1 amide bonds. The third-order valence-corrected chi connectivity index (χ3v) is 6.42. The standard InChI is InChI=1S/C17H18ClN3O3S2/c1-3-14(16(23)19-9-4-5-13(24-2)11(18)6-9)26-17-20-12-8-25-7-10(12)15(22)21-17/h4-6,14H,3,7-8H2,1-2H3,(H,19,23)(H,20,21,22). The van der Waals surface area contributed by atoms with Gasteiger partial charge in [0.1, 0.15) is 5.75 Å². The van der Waals surface area contributed by atoms with Crippen molar-refractivity contribution < 1.29 is 9.53 Å². The lowest BCUT2D eigenvalue weighted by Crippen LogP contribution is -2.25. The van der Waals surface area contributed by atoms with E-state index in [2.05, 4.69) is 15.3 Å². The number of anilines is 1. The number of hydrogen-bond donors (Lipinski definition) is 2. The van der Waals surface area contributed by atoms with Gasteiger partial charge in [0.25, 0.3) is 5.56 Å². The summed E-state index contributed by atoms with van der Waals surface area (Å²) in [6, 6.07) is 5.07. The van der Waals surface area contributed by atoms with Crippen molar-refractivity contribution in [1.29, 1.82) is 0 Å². The Balaban J connectivity index is 1.72. The fourth-order valence-electron chi connectivity index (χ4n) is 2.52. The number of thioether (sulfide) groups is 2. The van der Waals surface area contributed by atoms with Crippen LogP contribution in [-0.4, -0.2) is 28.2 Å². The van der Waals surface area contributed by atoms with Gasteiger partial charge in [-0.25, -0.2) is 4.98 Å². The largest absolute Gasteiger partial charge is 0.495 e. The van der Waals surface area contributed by atoms with E-state index >= 15 is 0 Å². The van der Waals surface area contributed by atoms with Crippen molar-refractivity contribution in [3.05, 3.63) is 44.8 Å². The predicted molar refractivity (Wildman–Crippen MR) is 106 cm³/mol. The van der Waals surface area contributed by atoms with E-state index in [1.807, 2.05) is 6.92 Å². The topological polar surface area (TPSA) is 84.1 Å². The number of rotatable bonds is 6. The first kappa shape index (κ1) is 19.1. The summed E-state index contributed by atoms with van der Waals surface area (Å²) in [5.41, 5.74) is 2.04. The Labute approximate surface area is 164 Å². The third-order valence-electron chi connectivity index (χ3n) is 3.90. The van der Waals surface area contributed by atoms with Crippen molar-refractivity contribution in [2.24, 2.45) is 0 Å². The van der Waals surface area contributed by atoms with Crippen LogP contribution in [-0.2, 0) is 16.3 Å². The van der Waals surface area contributed by atoms with E-state index in [1.165, 1.54) is 18.9 Å². The van der Waals surface area contributed by atoms with Crippen molar-refractivity contribution in [3.8, 4) is 5.75 Å². The summed E-state index contributed by atoms with van der Waals surface area (Å²) >= 11 is 9.03. The molecule has 138 valence electrons. The van der Waals surface area contributed by atoms with E-state index in [0.29, 0.717) is 33.8 Å². The number of benzene rings is 1. The summed E-state index contributed by atoms with van der Waals surface area (Å²) in [6.07, 6.45) is 0.593. The van der Waals surface area contributed by atoms with E-state index < -0.39 is 0 Å². The number of methoxy groups -OCH3 is 1. The van der Waals surface area contributed by atoms with Gasteiger partial charge >= 0.3 is 0 Å². The van der Waals surface area contributed by atoms with Gasteiger partial charge in [0.15, 0.2) is 5.16 Å². The summed E-state index contributed by atoms with van der Waals surface area (Å²) in [6.45, 7) is 1.92. The minimum atomic E-state index is -0.383. The van der Waals surface area contributed by atoms with Crippen LogP contribution in [0.25, 0.3) is 0 Å². The summed E-state index contributed by atoms with van der Waals surface area (Å²) in [7, 11) is 1.53. The number of ether oxygens (including phenoxy) is 1. The highest BCUT2D eigenvalue weighted by molar-refractivity contribution is 8.00. The van der Waals surface area contributed by atoms with Gasteiger partial charge < -0.3 is 15.0 Å². The molecule has 1 aliphatic heterocycles. The lowest BCUT2D eigenvalue weighted by atomic mass is 10.2. The zero-order valence-electron chi connectivity index (χ0n) is 14.3. The molecule has 26 heavy (non-hydrogen) atoms. The van der Waals surface area contributed by atoms with Crippen LogP contribution in [0.4, 0.5) is 5.69 Å². The van der Waals surface area contributed by atoms with Crippen LogP contribution in [0.1, 0.15) is 24.6 Å². The fourth-order valence-corrected chi connectivity index (χ4v) is 4.73. The molecule has 9 heteroatoms. The maximum absolute atomic E-state index is 12.6. The first-order chi connectivity index (χ1) is 12.5. The predicted octanol–water partition coefficient (Wildman–Crippen LogP) is 3.69. The molecule has 6 nitrogen and oxygen atoms in total. The molecule has 2 N–H and O–H groups in total. The Morgan fingerprint density at radius 2 is 2.31 bits per heavy atom. The molecule has 0 saturated heterocycles. The zero-order chi connectivity index (χ0) is 18.7. The van der Waals surface area contributed by atoms with Gasteiger partial charge in [-0.15, -0.1) is 0 Å². The average molecular weight is 412 g/mol. The van der Waals surface area contributed by atoms with Crippen LogP contribution in [0, 0.1) is 0 Å². The van der Waals surface area contributed by atoms with Gasteiger partial charge in [0.2, 0.25) is 5.91 Å². The number of amides is 1. The Bertz CT molecular complexity index is 888. The van der Waals surface area contributed by atoms with E-state index in [4.69, 9.17) is 16.3 Å². The number of aromatic amines is 1. The average Bonchev–Trinajstić information content (AvgIpc) is 3.09. The number of fused-ring (bicyclic) bond motifs is 1. The van der Waals surface area contributed by atoms with Gasteiger partial charge in [-0.05, 0) is 24.6 Å². The monoisotopic (exact) mass is 411 g/mol. The van der Waals surface area contributed by atoms with Crippen LogP contribution in [0.15, 0.2) is 28.2 Å². The van der Waals surface area contributed by atoms with Crippen molar-refractivity contribution >= 4 is 46.7 Å². The Morgan fingerprint density at radius 3 is 3.00 bits per heavy atom. The maximum Gasteiger partial charge on any atom is 0.255 e. The molecule has 2 aromatic rings. The van der Waals surface area contributed by atoms with Crippen molar-refractivity contribution in [1.82, 2.24) is 9.97 Å². The van der Waals surface area contributed by atoms with Gasteiger partial charge in [0, 0.05) is 22.8 Å². The number of carbonyl (C=O) groups excluding carboxylic acids is 1. The Hall–Kier alpha value is -1.64. The highest BCUT2D eigenvalue weighted by Crippen LogP contribution is 2.30. The Morgan fingerprint density at radius 1 is 1.50 bits per heavy atom. The minimum Gasteiger partial charge on any atom is -0.495 e. The molecule has 3 rings (SSSR count). The first-order valence-corrected chi connectivity index (χ1v) is 10.4. The number of hydrogen-bond acceptors (Lipinski definition) is 6. The molecular formula is C17H18ClN3O3S2. The second kappa shape index (κ2) is 8.37. The SMILES string of the molecule is CCC(Sc1nc2c(c(=O)[nH]1)CSC2)C(=O)Nc1ccc(OC)c(Cl)c1. The molecule has 0 aliphatic carbocycles. The molecule has 1 aliphatic rings. The van der Waals surface area contributed by atoms with Crippen LogP contribution in [0.2, 0.25) is 5.02 Å². The summed E-state index contributed by atoms with van der Waals surface area (Å²) in [5.74, 6) is 1.80. The Kier molecular flexibility index (Phi) is 6.16. The van der Waals surface area contributed by atoms with Gasteiger partial charge in [0.05, 0.1) is 23.1 Å². The van der Waals surface area contributed by atoms with E-state index in [0.717, 1.165) is 17.0 Å². The minimum absolute atomic E-state index is 0.111. The molecule has 0 fully saturated rings. The molecule has 0 radical (unpaired) electrons. The molecule has 1 aromatic carbocycles. The van der Waals surface area contributed by atoms with Crippen LogP contribution in [0.5, 0.6) is 5.75 Å². The molecule has 2 heterocycles. The van der Waals surface area contributed by atoms with Gasteiger partial charge in [-0.1, -0.05) is 30.3 Å². The van der Waals surface area contributed by atoms with Crippen LogP contribution >= 0.6 is 35.1 Å². The molecule has 0 spiro atoms. The molecular weight excluding hydrogens is 394 g/mol. The smallest absolute Gasteiger partial charge is 0.255 e. The number of H-pyrrole nitrogens is 1. The molecule has 1 atom stereocenters. The fraction of sp³-hybridized carbons (Fsp3) is 0.353. The lowest BCUT2D eigenvalue weighted by Gasteiger charge is -2.15. The summed E-state index contributed by atoms with van der Waals surface area (Å²) in [4.78, 5) is 32.0. The van der Waals surface area contributed by atoms with Crippen molar-refractivity contribution in [2.75, 3.05) is 12.4 Å². The second-order valence-corrected chi connectivity index (χ2v) is 8.23. The highest BCUT2D eigenvalue weighted by atomic mass is 35.5. The number of nitrogens with zero attached hydrogens (tertiary/aromatic N) is 1. The quantitative estimate of drug-likeness (QED) is 0.557. The molecule has 1 aromatic heterocycles. The highest BCUT2D eigenvalue weighted by Gasteiger charge is 2.23. The van der Waals surface area contributed by atoms with Crippen molar-refractivity contribution in [2.45, 2.75) is 35.3 Å².